The molecule has 0 bridgehead atoms. The minimum atomic E-state index is -2.72. The van der Waals surface area contributed by atoms with Gasteiger partial charge in [0.25, 0.3) is 0 Å². The van der Waals surface area contributed by atoms with E-state index in [9.17, 15) is 0 Å². The predicted octanol–water partition coefficient (Wildman–Crippen LogP) is 6.80. The van der Waals surface area contributed by atoms with Crippen LogP contribution >= 0.6 is 25.3 Å². The maximum atomic E-state index is 6.43. The number of thiol groups is 2. The zero-order valence-electron chi connectivity index (χ0n) is 23.1. The van der Waals surface area contributed by atoms with E-state index in [-0.39, 0.29) is 22.7 Å². The summed E-state index contributed by atoms with van der Waals surface area (Å²) in [5.74, 6) is 0. The molecule has 0 aromatic carbocycles. The fourth-order valence-electron chi connectivity index (χ4n) is 3.93. The fourth-order valence-corrected chi connectivity index (χ4v) is 10.1. The molecule has 0 aromatic rings. The Kier molecular flexibility index (Phi) is 20.5. The van der Waals surface area contributed by atoms with Gasteiger partial charge < -0.3 is 26.6 Å². The molecule has 4 atom stereocenters. The first-order valence-corrected chi connectivity index (χ1v) is 18.4. The monoisotopic (exact) mass is 558 g/mol. The van der Waals surface area contributed by atoms with Crippen molar-refractivity contribution in [1.29, 1.82) is 0 Å². The molecule has 4 unspecified atom stereocenters. The standard InChI is InChI=1S/C24H54O6S2Si2/c1-9-23(31)21(7)29-33(25-11-3,26-12-4)19-17-15-16-18-20-34(27-13-5,28-14-6)30-22(8)24(32)10-2/h21-24,31-32H,9-20H2,1-8H3. The minimum Gasteiger partial charge on any atom is -0.374 e. The lowest BCUT2D eigenvalue weighted by Gasteiger charge is -2.34. The maximum absolute atomic E-state index is 6.43. The molecule has 10 heteroatoms. The van der Waals surface area contributed by atoms with Crippen LogP contribution in [-0.4, -0.2) is 66.7 Å². The van der Waals surface area contributed by atoms with Crippen molar-refractivity contribution < 1.29 is 26.6 Å². The fraction of sp³-hybridized carbons (Fsp3) is 1.00. The topological polar surface area (TPSA) is 55.4 Å². The second-order valence-electron chi connectivity index (χ2n) is 8.61. The summed E-state index contributed by atoms with van der Waals surface area (Å²) in [4.78, 5) is 0. The highest BCUT2D eigenvalue weighted by molar-refractivity contribution is 7.81. The van der Waals surface area contributed by atoms with Gasteiger partial charge >= 0.3 is 17.6 Å². The van der Waals surface area contributed by atoms with E-state index in [1.54, 1.807) is 0 Å². The molecule has 0 spiro atoms. The average molecular weight is 559 g/mol. The molecule has 206 valence electrons. The first kappa shape index (κ1) is 34.9. The third kappa shape index (κ3) is 13.4. The molecule has 0 saturated heterocycles. The molecule has 0 rings (SSSR count). The summed E-state index contributed by atoms with van der Waals surface area (Å²) in [7, 11) is -5.44. The summed E-state index contributed by atoms with van der Waals surface area (Å²) in [6.07, 6.45) is 6.06. The van der Waals surface area contributed by atoms with Crippen molar-refractivity contribution in [2.75, 3.05) is 26.4 Å². The Morgan fingerprint density at radius 1 is 0.529 bits per heavy atom. The van der Waals surface area contributed by atoms with Crippen LogP contribution in [0.25, 0.3) is 0 Å². The first-order valence-electron chi connectivity index (χ1n) is 13.5. The number of hydrogen-bond acceptors (Lipinski definition) is 8. The summed E-state index contributed by atoms with van der Waals surface area (Å²) >= 11 is 9.33. The van der Waals surface area contributed by atoms with Crippen molar-refractivity contribution in [3.8, 4) is 0 Å². The Balaban J connectivity index is 4.92. The highest BCUT2D eigenvalue weighted by atomic mass is 32.1. The van der Waals surface area contributed by atoms with Crippen molar-refractivity contribution in [3.05, 3.63) is 0 Å². The lowest BCUT2D eigenvalue weighted by atomic mass is 10.2. The Labute approximate surface area is 224 Å². The molecule has 0 radical (unpaired) electrons. The van der Waals surface area contributed by atoms with Crippen LogP contribution in [-0.2, 0) is 26.6 Å². The molecular formula is C24H54O6S2Si2. The van der Waals surface area contributed by atoms with Crippen LogP contribution in [0.1, 0.15) is 93.9 Å². The number of unbranched alkanes of at least 4 members (excludes halogenated alkanes) is 3. The normalized spacial score (nSPS) is 16.4. The van der Waals surface area contributed by atoms with Crippen LogP contribution < -0.4 is 0 Å². The van der Waals surface area contributed by atoms with Crippen LogP contribution in [0.3, 0.4) is 0 Å². The highest BCUT2D eigenvalue weighted by Gasteiger charge is 2.44. The molecule has 0 N–H and O–H groups in total. The molecule has 6 nitrogen and oxygen atoms in total. The largest absolute Gasteiger partial charge is 0.501 e. The van der Waals surface area contributed by atoms with Crippen molar-refractivity contribution in [2.45, 2.75) is 129 Å². The van der Waals surface area contributed by atoms with Crippen LogP contribution in [0.4, 0.5) is 0 Å². The van der Waals surface area contributed by atoms with E-state index in [0.717, 1.165) is 50.6 Å². The lowest BCUT2D eigenvalue weighted by Crippen LogP contribution is -2.49. The smallest absolute Gasteiger partial charge is 0.374 e. The van der Waals surface area contributed by atoms with E-state index in [2.05, 4.69) is 53.0 Å². The van der Waals surface area contributed by atoms with E-state index < -0.39 is 17.6 Å². The van der Waals surface area contributed by atoms with Gasteiger partial charge in [0.1, 0.15) is 0 Å². The molecule has 0 aliphatic heterocycles. The summed E-state index contributed by atoms with van der Waals surface area (Å²) in [5.41, 5.74) is 0. The number of rotatable bonds is 23. The summed E-state index contributed by atoms with van der Waals surface area (Å²) in [6.45, 7) is 18.8. The lowest BCUT2D eigenvalue weighted by molar-refractivity contribution is 0.0353. The van der Waals surface area contributed by atoms with Crippen molar-refractivity contribution in [3.63, 3.8) is 0 Å². The molecule has 0 aliphatic carbocycles. The molecule has 0 aromatic heterocycles. The minimum absolute atomic E-state index is 0.0000164. The third-order valence-corrected chi connectivity index (χ3v) is 13.7. The van der Waals surface area contributed by atoms with Gasteiger partial charge in [0.05, 0.1) is 12.2 Å². The Morgan fingerprint density at radius 2 is 0.824 bits per heavy atom. The molecule has 0 fully saturated rings. The first-order chi connectivity index (χ1) is 16.2. The van der Waals surface area contributed by atoms with Gasteiger partial charge in [0, 0.05) is 49.0 Å². The Bertz CT molecular complexity index is 438. The second kappa shape index (κ2) is 19.9. The Hall–Kier alpha value is 0.894. The molecule has 0 saturated carbocycles. The zero-order valence-corrected chi connectivity index (χ0v) is 26.9. The Morgan fingerprint density at radius 3 is 1.06 bits per heavy atom. The summed E-state index contributed by atoms with van der Waals surface area (Å²) in [6, 6.07) is 1.65. The maximum Gasteiger partial charge on any atom is 0.501 e. The van der Waals surface area contributed by atoms with Gasteiger partial charge in [-0.3, -0.25) is 0 Å². The highest BCUT2D eigenvalue weighted by Crippen LogP contribution is 2.27. The van der Waals surface area contributed by atoms with Gasteiger partial charge in [-0.05, 0) is 67.2 Å². The van der Waals surface area contributed by atoms with Gasteiger partial charge in [-0.25, -0.2) is 0 Å². The average Bonchev–Trinajstić information content (AvgIpc) is 2.80. The van der Waals surface area contributed by atoms with Gasteiger partial charge in [0.15, 0.2) is 0 Å². The van der Waals surface area contributed by atoms with Gasteiger partial charge in [-0.15, -0.1) is 0 Å². The van der Waals surface area contributed by atoms with E-state index >= 15 is 0 Å². The molecule has 0 amide bonds. The number of hydrogen-bond donors (Lipinski definition) is 2. The zero-order chi connectivity index (χ0) is 26.0. The molecule has 34 heavy (non-hydrogen) atoms. The molecule has 0 aliphatic rings. The van der Waals surface area contributed by atoms with Gasteiger partial charge in [-0.1, -0.05) is 26.7 Å². The van der Waals surface area contributed by atoms with E-state index in [0.29, 0.717) is 26.4 Å². The van der Waals surface area contributed by atoms with Crippen molar-refractivity contribution >= 4 is 42.9 Å². The van der Waals surface area contributed by atoms with Crippen LogP contribution in [0, 0.1) is 0 Å². The summed E-state index contributed by atoms with van der Waals surface area (Å²) < 4.78 is 37.4. The van der Waals surface area contributed by atoms with Crippen LogP contribution in [0.5, 0.6) is 0 Å². The van der Waals surface area contributed by atoms with E-state index in [4.69, 9.17) is 26.6 Å². The summed E-state index contributed by atoms with van der Waals surface area (Å²) in [5, 5.41) is 0.352. The van der Waals surface area contributed by atoms with Gasteiger partial charge in [0.2, 0.25) is 0 Å². The second-order valence-corrected chi connectivity index (χ2v) is 15.3. The third-order valence-electron chi connectivity index (χ3n) is 5.82. The van der Waals surface area contributed by atoms with E-state index in [1.807, 2.05) is 27.7 Å². The van der Waals surface area contributed by atoms with Crippen molar-refractivity contribution in [1.82, 2.24) is 0 Å². The van der Waals surface area contributed by atoms with Gasteiger partial charge in [-0.2, -0.15) is 25.3 Å². The van der Waals surface area contributed by atoms with E-state index in [1.165, 1.54) is 0 Å². The SMILES string of the molecule is CCO[Si](CCCCCC[Si](OCC)(OCC)OC(C)C(S)CC)(OCC)OC(C)C(S)CC. The molecular weight excluding hydrogens is 505 g/mol. The van der Waals surface area contributed by atoms with Crippen LogP contribution in [0.2, 0.25) is 12.1 Å². The predicted molar refractivity (Wildman–Crippen MR) is 153 cm³/mol. The molecule has 0 heterocycles. The van der Waals surface area contributed by atoms with Crippen molar-refractivity contribution in [2.24, 2.45) is 0 Å². The van der Waals surface area contributed by atoms with Crippen LogP contribution in [0.15, 0.2) is 0 Å². The quantitative estimate of drug-likeness (QED) is 0.0817.